The summed E-state index contributed by atoms with van der Waals surface area (Å²) >= 11 is 0. The van der Waals surface area contributed by atoms with Crippen LogP contribution in [0, 0.1) is 12.8 Å². The highest BCUT2D eigenvalue weighted by Crippen LogP contribution is 2.21. The fraction of sp³-hybridized carbons (Fsp3) is 0.545. The maximum absolute atomic E-state index is 9.04. The molecule has 1 atom stereocenters. The van der Waals surface area contributed by atoms with E-state index in [0.717, 1.165) is 25.3 Å². The summed E-state index contributed by atoms with van der Waals surface area (Å²) in [7, 11) is 0. The highest BCUT2D eigenvalue weighted by molar-refractivity contribution is 5.41. The molecule has 1 saturated heterocycles. The van der Waals surface area contributed by atoms with Gasteiger partial charge in [0.25, 0.3) is 0 Å². The van der Waals surface area contributed by atoms with E-state index in [0.29, 0.717) is 12.5 Å². The van der Waals surface area contributed by atoms with Crippen LogP contribution in [0.25, 0.3) is 0 Å². The van der Waals surface area contributed by atoms with Gasteiger partial charge in [0.05, 0.1) is 0 Å². The molecule has 1 N–H and O–H groups in total. The zero-order chi connectivity index (χ0) is 9.97. The van der Waals surface area contributed by atoms with E-state index >= 15 is 0 Å². The van der Waals surface area contributed by atoms with E-state index in [9.17, 15) is 0 Å². The summed E-state index contributed by atoms with van der Waals surface area (Å²) in [4.78, 5) is 6.58. The molecule has 0 radical (unpaired) electrons. The van der Waals surface area contributed by atoms with Gasteiger partial charge < -0.3 is 10.0 Å². The van der Waals surface area contributed by atoms with Crippen molar-refractivity contribution in [3.63, 3.8) is 0 Å². The molecule has 0 saturated carbocycles. The van der Waals surface area contributed by atoms with Crippen LogP contribution in [0.4, 0.5) is 5.82 Å². The predicted molar refractivity (Wildman–Crippen MR) is 56.4 cm³/mol. The molecule has 1 aliphatic rings. The molecule has 1 aliphatic heterocycles. The van der Waals surface area contributed by atoms with Gasteiger partial charge in [0.15, 0.2) is 0 Å². The van der Waals surface area contributed by atoms with Crippen LogP contribution in [-0.2, 0) is 0 Å². The first-order chi connectivity index (χ1) is 6.79. The molecule has 76 valence electrons. The Labute approximate surface area is 84.4 Å². The number of anilines is 1. The molecule has 2 rings (SSSR count). The molecule has 1 aromatic heterocycles. The first-order valence-corrected chi connectivity index (χ1v) is 5.08. The van der Waals surface area contributed by atoms with Gasteiger partial charge in [0, 0.05) is 31.8 Å². The van der Waals surface area contributed by atoms with Crippen molar-refractivity contribution in [3.05, 3.63) is 23.9 Å². The fourth-order valence-corrected chi connectivity index (χ4v) is 1.88. The monoisotopic (exact) mass is 192 g/mol. The number of aliphatic hydroxyl groups excluding tert-OH is 1. The molecule has 0 unspecified atom stereocenters. The van der Waals surface area contributed by atoms with E-state index in [4.69, 9.17) is 5.11 Å². The molecule has 2 heterocycles. The Morgan fingerprint density at radius 3 is 3.14 bits per heavy atom. The summed E-state index contributed by atoms with van der Waals surface area (Å²) in [5.41, 5.74) is 1.24. The maximum Gasteiger partial charge on any atom is 0.128 e. The number of hydrogen-bond donors (Lipinski definition) is 1. The summed E-state index contributed by atoms with van der Waals surface area (Å²) in [6.07, 6.45) is 2.92. The van der Waals surface area contributed by atoms with Crippen LogP contribution in [0.2, 0.25) is 0 Å². The molecular weight excluding hydrogens is 176 g/mol. The molecule has 0 aliphatic carbocycles. The van der Waals surface area contributed by atoms with Crippen LogP contribution < -0.4 is 4.90 Å². The lowest BCUT2D eigenvalue weighted by Crippen LogP contribution is -2.21. The first kappa shape index (κ1) is 9.46. The lowest BCUT2D eigenvalue weighted by Gasteiger charge is -2.17. The Balaban J connectivity index is 2.09. The van der Waals surface area contributed by atoms with Gasteiger partial charge in [-0.1, -0.05) is 0 Å². The zero-order valence-electron chi connectivity index (χ0n) is 8.48. The molecule has 1 fully saturated rings. The van der Waals surface area contributed by atoms with Gasteiger partial charge in [-0.05, 0) is 31.0 Å². The average molecular weight is 192 g/mol. The largest absolute Gasteiger partial charge is 0.396 e. The number of rotatable bonds is 2. The molecule has 0 amide bonds. The average Bonchev–Trinajstić information content (AvgIpc) is 2.66. The fourth-order valence-electron chi connectivity index (χ4n) is 1.88. The normalized spacial score (nSPS) is 21.6. The van der Waals surface area contributed by atoms with Gasteiger partial charge in [-0.25, -0.2) is 4.98 Å². The minimum atomic E-state index is 0.294. The highest BCUT2D eigenvalue weighted by atomic mass is 16.3. The van der Waals surface area contributed by atoms with Gasteiger partial charge in [0.2, 0.25) is 0 Å². The third-order valence-electron chi connectivity index (χ3n) is 2.77. The smallest absolute Gasteiger partial charge is 0.128 e. The standard InChI is InChI=1S/C11H16N2O/c1-9-2-4-12-11(6-9)13-5-3-10(7-13)8-14/h2,4,6,10,14H,3,5,7-8H2,1H3/t10-/m0/s1. The van der Waals surface area contributed by atoms with E-state index in [2.05, 4.69) is 22.9 Å². The number of nitrogens with zero attached hydrogens (tertiary/aromatic N) is 2. The van der Waals surface area contributed by atoms with E-state index in [-0.39, 0.29) is 0 Å². The van der Waals surface area contributed by atoms with Crippen molar-refractivity contribution >= 4 is 5.82 Å². The second-order valence-electron chi connectivity index (χ2n) is 3.97. The maximum atomic E-state index is 9.04. The van der Waals surface area contributed by atoms with Gasteiger partial charge >= 0.3 is 0 Å². The summed E-state index contributed by atoms with van der Waals surface area (Å²) in [6, 6.07) is 4.10. The Morgan fingerprint density at radius 1 is 1.64 bits per heavy atom. The highest BCUT2D eigenvalue weighted by Gasteiger charge is 2.22. The van der Waals surface area contributed by atoms with Crippen LogP contribution in [0.1, 0.15) is 12.0 Å². The van der Waals surface area contributed by atoms with Crippen LogP contribution >= 0.6 is 0 Å². The Hall–Kier alpha value is -1.09. The molecule has 0 aromatic carbocycles. The first-order valence-electron chi connectivity index (χ1n) is 5.08. The SMILES string of the molecule is Cc1ccnc(N2CC[C@H](CO)C2)c1. The van der Waals surface area contributed by atoms with Gasteiger partial charge in [0.1, 0.15) is 5.82 Å². The number of aliphatic hydroxyl groups is 1. The molecule has 0 bridgehead atoms. The van der Waals surface area contributed by atoms with Crippen molar-refractivity contribution in [1.82, 2.24) is 4.98 Å². The second kappa shape index (κ2) is 3.96. The van der Waals surface area contributed by atoms with Crippen LogP contribution in [0.3, 0.4) is 0 Å². The van der Waals surface area contributed by atoms with Gasteiger partial charge in [-0.3, -0.25) is 0 Å². The number of hydrogen-bond acceptors (Lipinski definition) is 3. The van der Waals surface area contributed by atoms with Crippen molar-refractivity contribution in [2.75, 3.05) is 24.6 Å². The van der Waals surface area contributed by atoms with Crippen LogP contribution in [0.15, 0.2) is 18.3 Å². The quantitative estimate of drug-likeness (QED) is 0.765. The summed E-state index contributed by atoms with van der Waals surface area (Å²) in [5, 5.41) is 9.04. The number of aryl methyl sites for hydroxylation is 1. The Morgan fingerprint density at radius 2 is 2.50 bits per heavy atom. The summed E-state index contributed by atoms with van der Waals surface area (Å²) in [6.45, 7) is 4.32. The Bertz CT molecular complexity index is 314. The van der Waals surface area contributed by atoms with Gasteiger partial charge in [-0.15, -0.1) is 0 Å². The Kier molecular flexibility index (Phi) is 2.68. The summed E-state index contributed by atoms with van der Waals surface area (Å²) < 4.78 is 0. The van der Waals surface area contributed by atoms with Crippen molar-refractivity contribution in [1.29, 1.82) is 0 Å². The third-order valence-corrected chi connectivity index (χ3v) is 2.77. The number of pyridine rings is 1. The lowest BCUT2D eigenvalue weighted by molar-refractivity contribution is 0.238. The molecule has 1 aromatic rings. The predicted octanol–water partition coefficient (Wildman–Crippen LogP) is 1.21. The topological polar surface area (TPSA) is 36.4 Å². The minimum Gasteiger partial charge on any atom is -0.396 e. The van der Waals surface area contributed by atoms with E-state index in [1.54, 1.807) is 0 Å². The minimum absolute atomic E-state index is 0.294. The molecular formula is C11H16N2O. The lowest BCUT2D eigenvalue weighted by atomic mass is 10.1. The third kappa shape index (κ3) is 1.87. The molecule has 3 nitrogen and oxygen atoms in total. The van der Waals surface area contributed by atoms with Crippen LogP contribution in [-0.4, -0.2) is 29.8 Å². The van der Waals surface area contributed by atoms with E-state index < -0.39 is 0 Å². The molecule has 0 spiro atoms. The van der Waals surface area contributed by atoms with Crippen molar-refractivity contribution in [2.45, 2.75) is 13.3 Å². The summed E-state index contributed by atoms with van der Waals surface area (Å²) in [5.74, 6) is 1.47. The van der Waals surface area contributed by atoms with Crippen molar-refractivity contribution in [3.8, 4) is 0 Å². The van der Waals surface area contributed by atoms with Gasteiger partial charge in [-0.2, -0.15) is 0 Å². The van der Waals surface area contributed by atoms with E-state index in [1.165, 1.54) is 5.56 Å². The van der Waals surface area contributed by atoms with E-state index in [1.807, 2.05) is 12.3 Å². The second-order valence-corrected chi connectivity index (χ2v) is 3.97. The van der Waals surface area contributed by atoms with Crippen molar-refractivity contribution < 1.29 is 5.11 Å². The van der Waals surface area contributed by atoms with Crippen LogP contribution in [0.5, 0.6) is 0 Å². The molecule has 3 heteroatoms. The van der Waals surface area contributed by atoms with Crippen molar-refractivity contribution in [2.24, 2.45) is 5.92 Å². The zero-order valence-corrected chi connectivity index (χ0v) is 8.48. The molecule has 14 heavy (non-hydrogen) atoms. The number of aromatic nitrogens is 1.